The highest BCUT2D eigenvalue weighted by molar-refractivity contribution is 7.81. The molecule has 1 aromatic carbocycles. The van der Waals surface area contributed by atoms with Crippen LogP contribution >= 0.6 is 12.6 Å². The maximum atomic E-state index is 11.5. The molecule has 1 N–H and O–H groups in total. The molecule has 3 nitrogen and oxygen atoms in total. The molecule has 4 heteroatoms. The highest BCUT2D eigenvalue weighted by Gasteiger charge is 2.09. The van der Waals surface area contributed by atoms with E-state index in [1.165, 1.54) is 0 Å². The molecule has 1 unspecified atom stereocenters. The van der Waals surface area contributed by atoms with Crippen LogP contribution in [-0.4, -0.2) is 24.9 Å². The molecule has 16 heavy (non-hydrogen) atoms. The van der Waals surface area contributed by atoms with E-state index in [0.717, 1.165) is 17.7 Å². The van der Waals surface area contributed by atoms with Gasteiger partial charge in [-0.15, -0.1) is 0 Å². The van der Waals surface area contributed by atoms with Crippen molar-refractivity contribution in [2.24, 2.45) is 0 Å². The van der Waals surface area contributed by atoms with Gasteiger partial charge in [0.15, 0.2) is 0 Å². The Morgan fingerprint density at radius 3 is 2.81 bits per heavy atom. The molecule has 0 aliphatic rings. The highest BCUT2D eigenvalue weighted by atomic mass is 32.1. The Labute approximate surface area is 102 Å². The second-order valence-corrected chi connectivity index (χ2v) is 4.34. The van der Waals surface area contributed by atoms with Crippen LogP contribution in [0.2, 0.25) is 0 Å². The van der Waals surface area contributed by atoms with Gasteiger partial charge < -0.3 is 10.1 Å². The number of thiol groups is 1. The minimum absolute atomic E-state index is 0.0896. The van der Waals surface area contributed by atoms with E-state index < -0.39 is 0 Å². The van der Waals surface area contributed by atoms with Crippen LogP contribution in [0.4, 0.5) is 5.69 Å². The number of rotatable bonds is 5. The fraction of sp³-hybridized carbons (Fsp3) is 0.417. The molecule has 1 rings (SSSR count). The minimum Gasteiger partial charge on any atom is -0.384 e. The molecule has 0 spiro atoms. The molecule has 0 saturated heterocycles. The number of hydrogen-bond acceptors (Lipinski definition) is 3. The number of para-hydroxylation sites is 1. The van der Waals surface area contributed by atoms with Crippen molar-refractivity contribution in [3.05, 3.63) is 29.8 Å². The van der Waals surface area contributed by atoms with Crippen LogP contribution < -0.4 is 5.32 Å². The SMILES string of the molecule is COCCc1ccccc1NC(=O)C(C)S. The number of amides is 1. The van der Waals surface area contributed by atoms with Gasteiger partial charge in [0.1, 0.15) is 0 Å². The molecule has 0 radical (unpaired) electrons. The molecule has 0 aromatic heterocycles. The van der Waals surface area contributed by atoms with Gasteiger partial charge in [0.25, 0.3) is 0 Å². The Kier molecular flexibility index (Phi) is 5.35. The molecule has 0 fully saturated rings. The second-order valence-electron chi connectivity index (χ2n) is 3.57. The Balaban J connectivity index is 2.74. The summed E-state index contributed by atoms with van der Waals surface area (Å²) >= 11 is 4.09. The molecule has 0 saturated carbocycles. The summed E-state index contributed by atoms with van der Waals surface area (Å²) in [6.07, 6.45) is 0.786. The van der Waals surface area contributed by atoms with E-state index in [2.05, 4.69) is 17.9 Å². The molecule has 0 heterocycles. The van der Waals surface area contributed by atoms with Crippen LogP contribution in [0, 0.1) is 0 Å². The quantitative estimate of drug-likeness (QED) is 0.773. The number of carbonyl (C=O) groups excluding carboxylic acids is 1. The Morgan fingerprint density at radius 1 is 1.50 bits per heavy atom. The molecule has 0 aliphatic carbocycles. The van der Waals surface area contributed by atoms with Crippen LogP contribution in [0.25, 0.3) is 0 Å². The zero-order valence-corrected chi connectivity index (χ0v) is 10.5. The number of nitrogens with one attached hydrogen (secondary N) is 1. The third-order valence-corrected chi connectivity index (χ3v) is 2.46. The van der Waals surface area contributed by atoms with Gasteiger partial charge in [0.05, 0.1) is 11.9 Å². The Hall–Kier alpha value is -1.000. The Bertz CT molecular complexity index is 353. The third-order valence-electron chi connectivity index (χ3n) is 2.23. The van der Waals surface area contributed by atoms with Gasteiger partial charge >= 0.3 is 0 Å². The zero-order valence-electron chi connectivity index (χ0n) is 9.56. The lowest BCUT2D eigenvalue weighted by Crippen LogP contribution is -2.21. The average molecular weight is 239 g/mol. The van der Waals surface area contributed by atoms with E-state index in [4.69, 9.17) is 4.74 Å². The molecule has 1 atom stereocenters. The van der Waals surface area contributed by atoms with Crippen LogP contribution in [0.15, 0.2) is 24.3 Å². The fourth-order valence-electron chi connectivity index (χ4n) is 1.31. The molecule has 0 aliphatic heterocycles. The summed E-state index contributed by atoms with van der Waals surface area (Å²) < 4.78 is 5.03. The summed E-state index contributed by atoms with van der Waals surface area (Å²) in [4.78, 5) is 11.5. The maximum Gasteiger partial charge on any atom is 0.236 e. The van der Waals surface area contributed by atoms with Gasteiger partial charge in [-0.3, -0.25) is 4.79 Å². The van der Waals surface area contributed by atoms with Gasteiger partial charge in [-0.2, -0.15) is 12.6 Å². The summed E-state index contributed by atoms with van der Waals surface area (Å²) in [7, 11) is 1.66. The third kappa shape index (κ3) is 3.87. The van der Waals surface area contributed by atoms with E-state index in [-0.39, 0.29) is 11.2 Å². The molecule has 88 valence electrons. The molecular weight excluding hydrogens is 222 g/mol. The lowest BCUT2D eigenvalue weighted by atomic mass is 10.1. The Morgan fingerprint density at radius 2 is 2.19 bits per heavy atom. The summed E-state index contributed by atoms with van der Waals surface area (Å²) in [5.41, 5.74) is 1.91. The first-order chi connectivity index (χ1) is 7.65. The number of ether oxygens (including phenoxy) is 1. The van der Waals surface area contributed by atoms with Gasteiger partial charge in [-0.05, 0) is 25.0 Å². The fourth-order valence-corrected chi connectivity index (χ4v) is 1.37. The molecule has 1 aromatic rings. The van der Waals surface area contributed by atoms with E-state index in [1.807, 2.05) is 24.3 Å². The largest absolute Gasteiger partial charge is 0.384 e. The van der Waals surface area contributed by atoms with Crippen LogP contribution in [-0.2, 0) is 16.0 Å². The summed E-state index contributed by atoms with van der Waals surface area (Å²) in [6, 6.07) is 7.72. The average Bonchev–Trinajstić information content (AvgIpc) is 2.27. The van der Waals surface area contributed by atoms with Crippen molar-refractivity contribution < 1.29 is 9.53 Å². The summed E-state index contributed by atoms with van der Waals surface area (Å²) in [5, 5.41) is 2.54. The van der Waals surface area contributed by atoms with E-state index in [0.29, 0.717) is 6.61 Å². The standard InChI is InChI=1S/C12H17NO2S/c1-9(16)12(14)13-11-6-4-3-5-10(11)7-8-15-2/h3-6,9,16H,7-8H2,1-2H3,(H,13,14). The normalized spacial score (nSPS) is 12.2. The maximum absolute atomic E-state index is 11.5. The second kappa shape index (κ2) is 6.55. The predicted octanol–water partition coefficient (Wildman–Crippen LogP) is 2.13. The molecule has 0 bridgehead atoms. The van der Waals surface area contributed by atoms with Crippen molar-refractivity contribution >= 4 is 24.2 Å². The van der Waals surface area contributed by atoms with Gasteiger partial charge in [0.2, 0.25) is 5.91 Å². The van der Waals surface area contributed by atoms with E-state index >= 15 is 0 Å². The first-order valence-electron chi connectivity index (χ1n) is 5.21. The van der Waals surface area contributed by atoms with Crippen molar-refractivity contribution in [2.75, 3.05) is 19.0 Å². The summed E-state index contributed by atoms with van der Waals surface area (Å²) in [5.74, 6) is -0.0896. The number of hydrogen-bond donors (Lipinski definition) is 2. The van der Waals surface area contributed by atoms with E-state index in [9.17, 15) is 4.79 Å². The minimum atomic E-state index is -0.310. The highest BCUT2D eigenvalue weighted by Crippen LogP contribution is 2.16. The van der Waals surface area contributed by atoms with Crippen molar-refractivity contribution in [1.29, 1.82) is 0 Å². The first-order valence-corrected chi connectivity index (χ1v) is 5.72. The number of benzene rings is 1. The van der Waals surface area contributed by atoms with Crippen molar-refractivity contribution in [2.45, 2.75) is 18.6 Å². The first kappa shape index (κ1) is 13.1. The monoisotopic (exact) mass is 239 g/mol. The van der Waals surface area contributed by atoms with Crippen molar-refractivity contribution in [3.63, 3.8) is 0 Å². The van der Waals surface area contributed by atoms with Crippen LogP contribution in [0.5, 0.6) is 0 Å². The van der Waals surface area contributed by atoms with Gasteiger partial charge in [-0.1, -0.05) is 18.2 Å². The molecule has 1 amide bonds. The van der Waals surface area contributed by atoms with Gasteiger partial charge in [0, 0.05) is 12.8 Å². The summed E-state index contributed by atoms with van der Waals surface area (Å²) in [6.45, 7) is 2.39. The number of methoxy groups -OCH3 is 1. The van der Waals surface area contributed by atoms with Gasteiger partial charge in [-0.25, -0.2) is 0 Å². The zero-order chi connectivity index (χ0) is 12.0. The topological polar surface area (TPSA) is 38.3 Å². The lowest BCUT2D eigenvalue weighted by molar-refractivity contribution is -0.115. The lowest BCUT2D eigenvalue weighted by Gasteiger charge is -2.11. The molecular formula is C12H17NO2S. The van der Waals surface area contributed by atoms with Crippen molar-refractivity contribution in [3.8, 4) is 0 Å². The number of anilines is 1. The smallest absolute Gasteiger partial charge is 0.236 e. The number of carbonyl (C=O) groups is 1. The van der Waals surface area contributed by atoms with E-state index in [1.54, 1.807) is 14.0 Å². The van der Waals surface area contributed by atoms with Crippen LogP contribution in [0.3, 0.4) is 0 Å². The van der Waals surface area contributed by atoms with Crippen LogP contribution in [0.1, 0.15) is 12.5 Å². The predicted molar refractivity (Wildman–Crippen MR) is 69.1 cm³/mol. The van der Waals surface area contributed by atoms with Crippen molar-refractivity contribution in [1.82, 2.24) is 0 Å².